The molecule has 114 valence electrons. The number of carbonyl (C=O) groups is 1. The number of rotatable bonds is 5. The summed E-state index contributed by atoms with van der Waals surface area (Å²) in [5.41, 5.74) is 4.06. The first-order valence-electron chi connectivity index (χ1n) is 6.51. The van der Waals surface area contributed by atoms with Crippen LogP contribution in [-0.2, 0) is 11.4 Å². The minimum Gasteiger partial charge on any atom is -0.489 e. The number of ether oxygens (including phenoxy) is 1. The highest BCUT2D eigenvalue weighted by molar-refractivity contribution is 6.35. The summed E-state index contributed by atoms with van der Waals surface area (Å²) in [5, 5.41) is 4.96. The average molecular weight is 337 g/mol. The third-order valence-electron chi connectivity index (χ3n) is 2.73. The standard InChI is InChI=1S/C16H14Cl2N2O2/c1-11(21)20-19-9-12-2-6-15(7-3-12)22-10-13-4-5-14(17)8-16(13)18/h2-9H,10H2,1H3,(H,20,21). The van der Waals surface area contributed by atoms with E-state index in [1.165, 1.54) is 6.92 Å². The predicted octanol–water partition coefficient (Wildman–Crippen LogP) is 4.04. The SMILES string of the molecule is CC(=O)NN=Cc1ccc(OCc2ccc(Cl)cc2Cl)cc1. The number of hydrazone groups is 1. The lowest BCUT2D eigenvalue weighted by Gasteiger charge is -2.08. The van der Waals surface area contributed by atoms with Crippen molar-refractivity contribution in [2.45, 2.75) is 13.5 Å². The maximum atomic E-state index is 10.7. The summed E-state index contributed by atoms with van der Waals surface area (Å²) in [5.74, 6) is 0.499. The third kappa shape index (κ3) is 5.06. The number of halogens is 2. The fourth-order valence-electron chi connectivity index (χ4n) is 1.65. The molecule has 6 heteroatoms. The Morgan fingerprint density at radius 1 is 1.23 bits per heavy atom. The van der Waals surface area contributed by atoms with E-state index in [4.69, 9.17) is 27.9 Å². The van der Waals surface area contributed by atoms with Crippen molar-refractivity contribution >= 4 is 35.3 Å². The van der Waals surface area contributed by atoms with Gasteiger partial charge in [-0.15, -0.1) is 0 Å². The van der Waals surface area contributed by atoms with Crippen molar-refractivity contribution < 1.29 is 9.53 Å². The Balaban J connectivity index is 1.93. The Bertz CT molecular complexity index is 685. The van der Waals surface area contributed by atoms with Crippen LogP contribution in [0.25, 0.3) is 0 Å². The smallest absolute Gasteiger partial charge is 0.236 e. The van der Waals surface area contributed by atoms with Gasteiger partial charge in [0.05, 0.1) is 6.21 Å². The van der Waals surface area contributed by atoms with Crippen molar-refractivity contribution in [3.8, 4) is 5.75 Å². The molecule has 1 N–H and O–H groups in total. The summed E-state index contributed by atoms with van der Waals surface area (Å²) >= 11 is 11.9. The highest BCUT2D eigenvalue weighted by Gasteiger charge is 2.02. The molecule has 0 bridgehead atoms. The van der Waals surface area contributed by atoms with E-state index in [2.05, 4.69) is 10.5 Å². The first-order valence-corrected chi connectivity index (χ1v) is 7.26. The van der Waals surface area contributed by atoms with Crippen LogP contribution in [0.1, 0.15) is 18.1 Å². The Kier molecular flexibility index (Phi) is 5.81. The van der Waals surface area contributed by atoms with Gasteiger partial charge in [-0.2, -0.15) is 5.10 Å². The van der Waals surface area contributed by atoms with E-state index in [0.717, 1.165) is 11.1 Å². The number of hydrogen-bond acceptors (Lipinski definition) is 3. The minimum absolute atomic E-state index is 0.212. The van der Waals surface area contributed by atoms with Gasteiger partial charge in [0.15, 0.2) is 0 Å². The van der Waals surface area contributed by atoms with Gasteiger partial charge in [-0.05, 0) is 42.0 Å². The molecule has 0 unspecified atom stereocenters. The lowest BCUT2D eigenvalue weighted by Crippen LogP contribution is -2.12. The van der Waals surface area contributed by atoms with Crippen molar-refractivity contribution in [3.05, 3.63) is 63.6 Å². The molecule has 2 rings (SSSR count). The third-order valence-corrected chi connectivity index (χ3v) is 3.31. The summed E-state index contributed by atoms with van der Waals surface area (Å²) in [4.78, 5) is 10.7. The fourth-order valence-corrected chi connectivity index (χ4v) is 2.11. The summed E-state index contributed by atoms with van der Waals surface area (Å²) in [6.45, 7) is 1.76. The van der Waals surface area contributed by atoms with Gasteiger partial charge in [-0.25, -0.2) is 5.43 Å². The number of hydrogen-bond donors (Lipinski definition) is 1. The van der Waals surface area contributed by atoms with Crippen LogP contribution in [0.15, 0.2) is 47.6 Å². The predicted molar refractivity (Wildman–Crippen MR) is 88.6 cm³/mol. The first-order chi connectivity index (χ1) is 10.5. The summed E-state index contributed by atoms with van der Waals surface area (Å²) in [7, 11) is 0. The molecule has 0 radical (unpaired) electrons. The van der Waals surface area contributed by atoms with Gasteiger partial charge in [-0.3, -0.25) is 4.79 Å². The lowest BCUT2D eigenvalue weighted by atomic mass is 10.2. The van der Waals surface area contributed by atoms with Crippen molar-refractivity contribution in [1.82, 2.24) is 5.43 Å². The van der Waals surface area contributed by atoms with E-state index >= 15 is 0 Å². The molecule has 0 aliphatic heterocycles. The van der Waals surface area contributed by atoms with E-state index in [1.807, 2.05) is 30.3 Å². The summed E-state index contributed by atoms with van der Waals surface area (Å²) in [6, 6.07) is 12.6. The van der Waals surface area contributed by atoms with Crippen LogP contribution >= 0.6 is 23.2 Å². The Hall–Kier alpha value is -2.04. The molecule has 0 aliphatic rings. The molecule has 0 saturated carbocycles. The van der Waals surface area contributed by atoms with Crippen LogP contribution in [0.5, 0.6) is 5.75 Å². The number of benzene rings is 2. The molecule has 22 heavy (non-hydrogen) atoms. The molecule has 1 amide bonds. The largest absolute Gasteiger partial charge is 0.489 e. The van der Waals surface area contributed by atoms with Crippen molar-refractivity contribution in [2.75, 3.05) is 0 Å². The van der Waals surface area contributed by atoms with Crippen LogP contribution in [0.4, 0.5) is 0 Å². The number of nitrogens with zero attached hydrogens (tertiary/aromatic N) is 1. The molecular weight excluding hydrogens is 323 g/mol. The van der Waals surface area contributed by atoms with E-state index in [0.29, 0.717) is 22.4 Å². The number of amides is 1. The van der Waals surface area contributed by atoms with E-state index in [1.54, 1.807) is 18.3 Å². The van der Waals surface area contributed by atoms with Gasteiger partial charge in [0.25, 0.3) is 0 Å². The van der Waals surface area contributed by atoms with Crippen molar-refractivity contribution in [2.24, 2.45) is 5.10 Å². The van der Waals surface area contributed by atoms with Crippen LogP contribution in [0.2, 0.25) is 10.0 Å². The maximum Gasteiger partial charge on any atom is 0.236 e. The molecule has 0 spiro atoms. The second-order valence-electron chi connectivity index (χ2n) is 4.52. The molecule has 4 nitrogen and oxygen atoms in total. The minimum atomic E-state index is -0.212. The molecule has 0 heterocycles. The molecule has 2 aromatic rings. The highest BCUT2D eigenvalue weighted by Crippen LogP contribution is 2.22. The molecule has 0 aliphatic carbocycles. The van der Waals surface area contributed by atoms with Crippen LogP contribution in [-0.4, -0.2) is 12.1 Å². The molecule has 2 aromatic carbocycles. The summed E-state index contributed by atoms with van der Waals surface area (Å²) < 4.78 is 5.67. The Morgan fingerprint density at radius 2 is 1.95 bits per heavy atom. The van der Waals surface area contributed by atoms with Gasteiger partial charge in [0.1, 0.15) is 12.4 Å². The van der Waals surface area contributed by atoms with Gasteiger partial charge in [0, 0.05) is 22.5 Å². The number of nitrogens with one attached hydrogen (secondary N) is 1. The zero-order chi connectivity index (χ0) is 15.9. The first kappa shape index (κ1) is 16.3. The molecule has 0 aromatic heterocycles. The van der Waals surface area contributed by atoms with E-state index in [9.17, 15) is 4.79 Å². The van der Waals surface area contributed by atoms with Crippen LogP contribution in [0.3, 0.4) is 0 Å². The fraction of sp³-hybridized carbons (Fsp3) is 0.125. The van der Waals surface area contributed by atoms with Gasteiger partial charge < -0.3 is 4.74 Å². The van der Waals surface area contributed by atoms with Crippen molar-refractivity contribution in [1.29, 1.82) is 0 Å². The van der Waals surface area contributed by atoms with Gasteiger partial charge >= 0.3 is 0 Å². The second-order valence-corrected chi connectivity index (χ2v) is 5.36. The zero-order valence-electron chi connectivity index (χ0n) is 11.8. The van der Waals surface area contributed by atoms with E-state index in [-0.39, 0.29) is 5.91 Å². The van der Waals surface area contributed by atoms with Crippen LogP contribution < -0.4 is 10.2 Å². The Morgan fingerprint density at radius 3 is 2.59 bits per heavy atom. The zero-order valence-corrected chi connectivity index (χ0v) is 13.4. The van der Waals surface area contributed by atoms with E-state index < -0.39 is 0 Å². The summed E-state index contributed by atoms with van der Waals surface area (Å²) in [6.07, 6.45) is 1.56. The average Bonchev–Trinajstić information content (AvgIpc) is 2.47. The topological polar surface area (TPSA) is 50.7 Å². The van der Waals surface area contributed by atoms with Gasteiger partial charge in [-0.1, -0.05) is 29.3 Å². The highest BCUT2D eigenvalue weighted by atomic mass is 35.5. The molecular formula is C16H14Cl2N2O2. The monoisotopic (exact) mass is 336 g/mol. The quantitative estimate of drug-likeness (QED) is 0.661. The van der Waals surface area contributed by atoms with Gasteiger partial charge in [0.2, 0.25) is 5.91 Å². The second kappa shape index (κ2) is 7.82. The normalized spacial score (nSPS) is 10.7. The maximum absolute atomic E-state index is 10.7. The number of carbonyl (C=O) groups excluding carboxylic acids is 1. The Labute approximate surface area is 138 Å². The van der Waals surface area contributed by atoms with Crippen molar-refractivity contribution in [3.63, 3.8) is 0 Å². The molecule has 0 fully saturated rings. The molecule has 0 atom stereocenters. The van der Waals surface area contributed by atoms with Crippen LogP contribution in [0, 0.1) is 0 Å². The molecule has 0 saturated heterocycles. The lowest BCUT2D eigenvalue weighted by molar-refractivity contribution is -0.118.